The summed E-state index contributed by atoms with van der Waals surface area (Å²) in [6.07, 6.45) is 2.52. The predicted molar refractivity (Wildman–Crippen MR) is 67.0 cm³/mol. The molecule has 3 nitrogen and oxygen atoms in total. The van der Waals surface area contributed by atoms with E-state index in [4.69, 9.17) is 5.11 Å². The first-order chi connectivity index (χ1) is 8.08. The lowest BCUT2D eigenvalue weighted by atomic mass is 10.0. The SMILES string of the molecule is CCC(=O)c1cccc(C=C(CC)C(=O)O)c1. The Labute approximate surface area is 101 Å². The molecule has 90 valence electrons. The maximum absolute atomic E-state index is 11.5. The topological polar surface area (TPSA) is 54.4 Å². The molecule has 0 spiro atoms. The van der Waals surface area contributed by atoms with Crippen LogP contribution in [0.3, 0.4) is 0 Å². The average molecular weight is 232 g/mol. The van der Waals surface area contributed by atoms with Gasteiger partial charge in [0, 0.05) is 17.6 Å². The van der Waals surface area contributed by atoms with E-state index in [0.29, 0.717) is 24.0 Å². The van der Waals surface area contributed by atoms with Crippen molar-refractivity contribution >= 4 is 17.8 Å². The highest BCUT2D eigenvalue weighted by atomic mass is 16.4. The van der Waals surface area contributed by atoms with Gasteiger partial charge in [0.25, 0.3) is 0 Å². The third-order valence-electron chi connectivity index (χ3n) is 2.53. The summed E-state index contributed by atoms with van der Waals surface area (Å²) in [6, 6.07) is 7.04. The zero-order chi connectivity index (χ0) is 12.8. The van der Waals surface area contributed by atoms with Crippen molar-refractivity contribution in [3.63, 3.8) is 0 Å². The van der Waals surface area contributed by atoms with Crippen LogP contribution in [0.2, 0.25) is 0 Å². The quantitative estimate of drug-likeness (QED) is 0.626. The molecule has 0 unspecified atom stereocenters. The Bertz CT molecular complexity index is 458. The van der Waals surface area contributed by atoms with Crippen LogP contribution >= 0.6 is 0 Å². The number of carboxylic acids is 1. The van der Waals surface area contributed by atoms with Gasteiger partial charge in [-0.15, -0.1) is 0 Å². The molecule has 0 fully saturated rings. The molecular formula is C14H16O3. The molecule has 3 heteroatoms. The molecule has 1 aromatic rings. The lowest BCUT2D eigenvalue weighted by Gasteiger charge is -2.01. The number of benzene rings is 1. The van der Waals surface area contributed by atoms with Gasteiger partial charge in [0.1, 0.15) is 0 Å². The second-order valence-electron chi connectivity index (χ2n) is 3.73. The third kappa shape index (κ3) is 3.55. The van der Waals surface area contributed by atoms with E-state index in [1.165, 1.54) is 0 Å². The van der Waals surface area contributed by atoms with Gasteiger partial charge in [-0.1, -0.05) is 32.0 Å². The van der Waals surface area contributed by atoms with Crippen molar-refractivity contribution in [1.29, 1.82) is 0 Å². The Hall–Kier alpha value is -1.90. The van der Waals surface area contributed by atoms with Gasteiger partial charge in [-0.25, -0.2) is 4.79 Å². The Kier molecular flexibility index (Phi) is 4.64. The summed E-state index contributed by atoms with van der Waals surface area (Å²) < 4.78 is 0. The number of rotatable bonds is 5. The molecule has 0 aliphatic heterocycles. The summed E-state index contributed by atoms with van der Waals surface area (Å²) in [6.45, 7) is 3.60. The molecule has 0 amide bonds. The van der Waals surface area contributed by atoms with Crippen molar-refractivity contribution in [3.8, 4) is 0 Å². The fourth-order valence-corrected chi connectivity index (χ4v) is 1.52. The number of ketones is 1. The number of hydrogen-bond acceptors (Lipinski definition) is 2. The Morgan fingerprint density at radius 1 is 1.24 bits per heavy atom. The molecule has 1 rings (SSSR count). The average Bonchev–Trinajstić information content (AvgIpc) is 2.34. The first-order valence-corrected chi connectivity index (χ1v) is 5.65. The summed E-state index contributed by atoms with van der Waals surface area (Å²) in [7, 11) is 0. The number of carboxylic acid groups (broad SMARTS) is 1. The van der Waals surface area contributed by atoms with Gasteiger partial charge in [-0.2, -0.15) is 0 Å². The van der Waals surface area contributed by atoms with E-state index in [9.17, 15) is 9.59 Å². The molecule has 0 bridgehead atoms. The zero-order valence-electron chi connectivity index (χ0n) is 10.1. The van der Waals surface area contributed by atoms with Crippen molar-refractivity contribution in [2.75, 3.05) is 0 Å². The fourth-order valence-electron chi connectivity index (χ4n) is 1.52. The molecular weight excluding hydrogens is 216 g/mol. The van der Waals surface area contributed by atoms with Crippen molar-refractivity contribution in [2.24, 2.45) is 0 Å². The van der Waals surface area contributed by atoms with Crippen LogP contribution in [0.4, 0.5) is 0 Å². The van der Waals surface area contributed by atoms with E-state index < -0.39 is 5.97 Å². The largest absolute Gasteiger partial charge is 0.478 e. The predicted octanol–water partition coefficient (Wildman–Crippen LogP) is 3.16. The van der Waals surface area contributed by atoms with Gasteiger partial charge in [0.2, 0.25) is 0 Å². The zero-order valence-corrected chi connectivity index (χ0v) is 10.1. The van der Waals surface area contributed by atoms with Gasteiger partial charge < -0.3 is 5.11 Å². The van der Waals surface area contributed by atoms with E-state index >= 15 is 0 Å². The summed E-state index contributed by atoms with van der Waals surface area (Å²) in [5.41, 5.74) is 1.72. The van der Waals surface area contributed by atoms with Gasteiger partial charge in [-0.3, -0.25) is 4.79 Å². The maximum Gasteiger partial charge on any atom is 0.331 e. The van der Waals surface area contributed by atoms with E-state index in [-0.39, 0.29) is 5.78 Å². The van der Waals surface area contributed by atoms with Crippen molar-refractivity contribution in [2.45, 2.75) is 26.7 Å². The second-order valence-corrected chi connectivity index (χ2v) is 3.73. The van der Waals surface area contributed by atoms with Crippen LogP contribution in [0, 0.1) is 0 Å². The minimum atomic E-state index is -0.917. The van der Waals surface area contributed by atoms with Crippen LogP contribution in [0.5, 0.6) is 0 Å². The number of carbonyl (C=O) groups is 2. The highest BCUT2D eigenvalue weighted by Crippen LogP contribution is 2.13. The van der Waals surface area contributed by atoms with Crippen LogP contribution < -0.4 is 0 Å². The maximum atomic E-state index is 11.5. The van der Waals surface area contributed by atoms with Gasteiger partial charge in [-0.05, 0) is 24.1 Å². The number of aliphatic carboxylic acids is 1. The molecule has 0 atom stereocenters. The highest BCUT2D eigenvalue weighted by molar-refractivity contribution is 5.97. The first kappa shape index (κ1) is 13.2. The summed E-state index contributed by atoms with van der Waals surface area (Å²) in [4.78, 5) is 22.4. The molecule has 0 heterocycles. The molecule has 0 aromatic heterocycles. The third-order valence-corrected chi connectivity index (χ3v) is 2.53. The minimum Gasteiger partial charge on any atom is -0.478 e. The Morgan fingerprint density at radius 2 is 1.94 bits per heavy atom. The smallest absolute Gasteiger partial charge is 0.331 e. The Morgan fingerprint density at radius 3 is 2.47 bits per heavy atom. The van der Waals surface area contributed by atoms with Crippen molar-refractivity contribution in [1.82, 2.24) is 0 Å². The molecule has 0 saturated heterocycles. The van der Waals surface area contributed by atoms with Crippen LogP contribution in [0.15, 0.2) is 29.8 Å². The second kappa shape index (κ2) is 5.99. The van der Waals surface area contributed by atoms with Crippen LogP contribution in [-0.2, 0) is 4.79 Å². The Balaban J connectivity index is 3.07. The highest BCUT2D eigenvalue weighted by Gasteiger charge is 2.06. The molecule has 0 saturated carbocycles. The number of hydrogen-bond donors (Lipinski definition) is 1. The van der Waals surface area contributed by atoms with Crippen LogP contribution in [-0.4, -0.2) is 16.9 Å². The summed E-state index contributed by atoms with van der Waals surface area (Å²) in [5.74, 6) is -0.853. The lowest BCUT2D eigenvalue weighted by Crippen LogP contribution is -1.99. The molecule has 0 aliphatic rings. The number of Topliss-reactive ketones (excluding diaryl/α,β-unsaturated/α-hetero) is 1. The van der Waals surface area contributed by atoms with Gasteiger partial charge in [0.05, 0.1) is 0 Å². The normalized spacial score (nSPS) is 11.3. The molecule has 1 aromatic carbocycles. The van der Waals surface area contributed by atoms with E-state index in [2.05, 4.69) is 0 Å². The molecule has 1 N–H and O–H groups in total. The fraction of sp³-hybridized carbons (Fsp3) is 0.286. The number of carbonyl (C=O) groups excluding carboxylic acids is 1. The summed E-state index contributed by atoms with van der Waals surface area (Å²) in [5, 5.41) is 8.92. The minimum absolute atomic E-state index is 0.0635. The van der Waals surface area contributed by atoms with Crippen LogP contribution in [0.25, 0.3) is 6.08 Å². The lowest BCUT2D eigenvalue weighted by molar-refractivity contribution is -0.132. The van der Waals surface area contributed by atoms with E-state index in [1.807, 2.05) is 0 Å². The monoisotopic (exact) mass is 232 g/mol. The van der Waals surface area contributed by atoms with Gasteiger partial charge >= 0.3 is 5.97 Å². The van der Waals surface area contributed by atoms with E-state index in [1.54, 1.807) is 44.2 Å². The molecule has 0 radical (unpaired) electrons. The van der Waals surface area contributed by atoms with Crippen molar-refractivity contribution < 1.29 is 14.7 Å². The first-order valence-electron chi connectivity index (χ1n) is 5.65. The van der Waals surface area contributed by atoms with Crippen molar-refractivity contribution in [3.05, 3.63) is 41.0 Å². The van der Waals surface area contributed by atoms with Gasteiger partial charge in [0.15, 0.2) is 5.78 Å². The molecule has 0 aliphatic carbocycles. The van der Waals surface area contributed by atoms with Crippen LogP contribution in [0.1, 0.15) is 42.6 Å². The van der Waals surface area contributed by atoms with E-state index in [0.717, 1.165) is 5.56 Å². The summed E-state index contributed by atoms with van der Waals surface area (Å²) >= 11 is 0. The molecule has 17 heavy (non-hydrogen) atoms. The standard InChI is InChI=1S/C14H16O3/c1-3-11(14(16)17)8-10-6-5-7-12(9-10)13(15)4-2/h5-9H,3-4H2,1-2H3,(H,16,17).